The number of carboxylic acids is 1. The van der Waals surface area contributed by atoms with Crippen molar-refractivity contribution in [2.75, 3.05) is 0 Å². The van der Waals surface area contributed by atoms with E-state index < -0.39 is 5.97 Å². The van der Waals surface area contributed by atoms with Crippen molar-refractivity contribution in [1.29, 1.82) is 0 Å². The summed E-state index contributed by atoms with van der Waals surface area (Å²) in [5, 5.41) is 19.4. The van der Waals surface area contributed by atoms with Crippen LogP contribution in [0.4, 0.5) is 0 Å². The van der Waals surface area contributed by atoms with Gasteiger partial charge in [-0.3, -0.25) is 4.79 Å². The second kappa shape index (κ2) is 6.73. The van der Waals surface area contributed by atoms with Gasteiger partial charge in [-0.05, 0) is 33.9 Å². The van der Waals surface area contributed by atoms with E-state index in [2.05, 4.69) is 41.5 Å². The summed E-state index contributed by atoms with van der Waals surface area (Å²) in [4.78, 5) is 10.8. The molecular weight excluding hydrogens is 284 g/mol. The largest absolute Gasteiger partial charge is 0.507 e. The SMILES string of the molecule is CC(C)(C)c1cc(CCC(=O)O)cc(C(C)(C)C)c1O.S. The van der Waals surface area contributed by atoms with E-state index in [0.29, 0.717) is 12.2 Å². The number of rotatable bonds is 3. The Morgan fingerprint density at radius 2 is 1.38 bits per heavy atom. The number of aliphatic carboxylic acids is 1. The Labute approximate surface area is 134 Å². The van der Waals surface area contributed by atoms with Gasteiger partial charge in [-0.25, -0.2) is 0 Å². The first kappa shape index (κ1) is 19.8. The number of carboxylic acid groups (broad SMARTS) is 1. The fourth-order valence-corrected chi connectivity index (χ4v) is 2.23. The van der Waals surface area contributed by atoms with Crippen molar-refractivity contribution in [1.82, 2.24) is 0 Å². The van der Waals surface area contributed by atoms with Crippen LogP contribution in [-0.4, -0.2) is 16.2 Å². The summed E-state index contributed by atoms with van der Waals surface area (Å²) in [7, 11) is 0. The van der Waals surface area contributed by atoms with E-state index in [4.69, 9.17) is 5.11 Å². The number of benzene rings is 1. The van der Waals surface area contributed by atoms with E-state index in [1.54, 1.807) is 0 Å². The Morgan fingerprint density at radius 1 is 1.00 bits per heavy atom. The Morgan fingerprint density at radius 3 is 1.67 bits per heavy atom. The molecule has 0 radical (unpaired) electrons. The van der Waals surface area contributed by atoms with Gasteiger partial charge in [0, 0.05) is 6.42 Å². The predicted molar refractivity (Wildman–Crippen MR) is 91.8 cm³/mol. The third kappa shape index (κ3) is 5.27. The average molecular weight is 312 g/mol. The van der Waals surface area contributed by atoms with Crippen LogP contribution in [0.2, 0.25) is 0 Å². The van der Waals surface area contributed by atoms with Gasteiger partial charge < -0.3 is 10.2 Å². The molecule has 0 fully saturated rings. The number of carbonyl (C=O) groups is 1. The van der Waals surface area contributed by atoms with Gasteiger partial charge in [0.2, 0.25) is 0 Å². The number of aryl methyl sites for hydroxylation is 1. The molecule has 1 aromatic rings. The third-order valence-corrected chi connectivity index (χ3v) is 3.41. The van der Waals surface area contributed by atoms with E-state index in [1.807, 2.05) is 12.1 Å². The molecule has 0 heterocycles. The normalized spacial score (nSPS) is 11.9. The highest BCUT2D eigenvalue weighted by Crippen LogP contribution is 2.39. The molecule has 0 aliphatic rings. The summed E-state index contributed by atoms with van der Waals surface area (Å²) in [5.41, 5.74) is 2.38. The Kier molecular flexibility index (Phi) is 6.36. The molecule has 0 spiro atoms. The molecule has 0 aromatic heterocycles. The molecule has 0 atom stereocenters. The van der Waals surface area contributed by atoms with Crippen molar-refractivity contribution in [3.63, 3.8) is 0 Å². The van der Waals surface area contributed by atoms with Crippen molar-refractivity contribution in [3.05, 3.63) is 28.8 Å². The highest BCUT2D eigenvalue weighted by atomic mass is 32.1. The van der Waals surface area contributed by atoms with Gasteiger partial charge >= 0.3 is 5.97 Å². The number of hydrogen-bond donors (Lipinski definition) is 2. The zero-order chi connectivity index (χ0) is 15.7. The molecule has 0 aliphatic carbocycles. The van der Waals surface area contributed by atoms with Crippen molar-refractivity contribution < 1.29 is 15.0 Å². The molecule has 0 saturated carbocycles. The lowest BCUT2D eigenvalue weighted by Gasteiger charge is -2.28. The smallest absolute Gasteiger partial charge is 0.303 e. The van der Waals surface area contributed by atoms with E-state index in [0.717, 1.165) is 16.7 Å². The van der Waals surface area contributed by atoms with Crippen LogP contribution < -0.4 is 0 Å². The number of aromatic hydroxyl groups is 1. The van der Waals surface area contributed by atoms with Crippen LogP contribution >= 0.6 is 13.5 Å². The molecule has 21 heavy (non-hydrogen) atoms. The molecule has 3 nitrogen and oxygen atoms in total. The van der Waals surface area contributed by atoms with Gasteiger partial charge in [0.1, 0.15) is 5.75 Å². The van der Waals surface area contributed by atoms with Gasteiger partial charge in [0.25, 0.3) is 0 Å². The van der Waals surface area contributed by atoms with Crippen molar-refractivity contribution in [2.24, 2.45) is 0 Å². The standard InChI is InChI=1S/C17H26O3.H2S/c1-16(2,3)12-9-11(7-8-14(18)19)10-13(15(12)20)17(4,5)6;/h9-10,20H,7-8H2,1-6H3,(H,18,19);1H2. The molecule has 0 unspecified atom stereocenters. The Bertz CT molecular complexity index is 473. The summed E-state index contributed by atoms with van der Waals surface area (Å²) in [5.74, 6) is -0.461. The monoisotopic (exact) mass is 312 g/mol. The lowest BCUT2D eigenvalue weighted by molar-refractivity contribution is -0.136. The van der Waals surface area contributed by atoms with Gasteiger partial charge in [-0.1, -0.05) is 53.7 Å². The van der Waals surface area contributed by atoms with Crippen LogP contribution in [0.3, 0.4) is 0 Å². The minimum Gasteiger partial charge on any atom is -0.507 e. The molecule has 0 amide bonds. The van der Waals surface area contributed by atoms with Gasteiger partial charge in [0.05, 0.1) is 0 Å². The molecular formula is C17H28O3S. The van der Waals surface area contributed by atoms with Gasteiger partial charge in [-0.2, -0.15) is 13.5 Å². The van der Waals surface area contributed by atoms with Crippen molar-refractivity contribution in [2.45, 2.75) is 65.2 Å². The number of phenols is 1. The molecule has 1 rings (SSSR count). The zero-order valence-corrected chi connectivity index (χ0v) is 14.9. The highest BCUT2D eigenvalue weighted by molar-refractivity contribution is 7.59. The van der Waals surface area contributed by atoms with E-state index in [9.17, 15) is 9.90 Å². The summed E-state index contributed by atoms with van der Waals surface area (Å²) < 4.78 is 0. The highest BCUT2D eigenvalue weighted by Gasteiger charge is 2.26. The van der Waals surface area contributed by atoms with Gasteiger partial charge in [-0.15, -0.1) is 0 Å². The summed E-state index contributed by atoms with van der Waals surface area (Å²) in [6.45, 7) is 12.3. The summed E-state index contributed by atoms with van der Waals surface area (Å²) in [6, 6.07) is 3.88. The van der Waals surface area contributed by atoms with E-state index in [-0.39, 0.29) is 30.7 Å². The molecule has 0 bridgehead atoms. The van der Waals surface area contributed by atoms with Crippen molar-refractivity contribution >= 4 is 19.5 Å². The van der Waals surface area contributed by atoms with Crippen LogP contribution in [0.5, 0.6) is 5.75 Å². The first-order valence-corrected chi connectivity index (χ1v) is 7.01. The zero-order valence-electron chi connectivity index (χ0n) is 13.9. The predicted octanol–water partition coefficient (Wildman–Crippen LogP) is 4.12. The lowest BCUT2D eigenvalue weighted by atomic mass is 9.78. The first-order chi connectivity index (χ1) is 8.93. The van der Waals surface area contributed by atoms with Crippen molar-refractivity contribution in [3.8, 4) is 5.75 Å². The molecule has 4 heteroatoms. The molecule has 0 saturated heterocycles. The van der Waals surface area contributed by atoms with Crippen LogP contribution in [0.15, 0.2) is 12.1 Å². The summed E-state index contributed by atoms with van der Waals surface area (Å²) >= 11 is 0. The van der Waals surface area contributed by atoms with Crippen LogP contribution in [-0.2, 0) is 22.0 Å². The average Bonchev–Trinajstić information content (AvgIpc) is 2.24. The fraction of sp³-hybridized carbons (Fsp3) is 0.588. The third-order valence-electron chi connectivity index (χ3n) is 3.41. The number of phenolic OH excluding ortho intramolecular Hbond substituents is 1. The van der Waals surface area contributed by atoms with E-state index >= 15 is 0 Å². The fourth-order valence-electron chi connectivity index (χ4n) is 2.23. The Balaban J connectivity index is 0.00000400. The van der Waals surface area contributed by atoms with Crippen LogP contribution in [0.25, 0.3) is 0 Å². The molecule has 1 aromatic carbocycles. The molecule has 2 N–H and O–H groups in total. The molecule has 0 aliphatic heterocycles. The van der Waals surface area contributed by atoms with Crippen LogP contribution in [0.1, 0.15) is 64.7 Å². The lowest BCUT2D eigenvalue weighted by Crippen LogP contribution is -2.18. The maximum atomic E-state index is 10.8. The topological polar surface area (TPSA) is 57.5 Å². The maximum Gasteiger partial charge on any atom is 0.303 e. The molecule has 120 valence electrons. The maximum absolute atomic E-state index is 10.8. The second-order valence-corrected chi connectivity index (χ2v) is 7.43. The number of hydrogen-bond acceptors (Lipinski definition) is 2. The summed E-state index contributed by atoms with van der Waals surface area (Å²) in [6.07, 6.45) is 0.597. The second-order valence-electron chi connectivity index (χ2n) is 7.43. The van der Waals surface area contributed by atoms with E-state index in [1.165, 1.54) is 0 Å². The van der Waals surface area contributed by atoms with Crippen LogP contribution in [0, 0.1) is 0 Å². The van der Waals surface area contributed by atoms with Gasteiger partial charge in [0.15, 0.2) is 0 Å². The quantitative estimate of drug-likeness (QED) is 0.883. The Hall–Kier alpha value is -1.16. The first-order valence-electron chi connectivity index (χ1n) is 7.01. The minimum absolute atomic E-state index is 0. The minimum atomic E-state index is -0.798.